The highest BCUT2D eigenvalue weighted by atomic mass is 35.5. The highest BCUT2D eigenvalue weighted by Crippen LogP contribution is 2.51. The third-order valence-electron chi connectivity index (χ3n) is 3.44. The zero-order chi connectivity index (χ0) is 13.2. The van der Waals surface area contributed by atoms with Crippen LogP contribution >= 0.6 is 11.6 Å². The third-order valence-corrected chi connectivity index (χ3v) is 4.11. The van der Waals surface area contributed by atoms with Crippen molar-refractivity contribution in [3.05, 3.63) is 10.7 Å². The first kappa shape index (κ1) is 14.1. The fourth-order valence-corrected chi connectivity index (χ4v) is 2.04. The Bertz CT molecular complexity index is 397. The van der Waals surface area contributed by atoms with E-state index < -0.39 is 0 Å². The second kappa shape index (κ2) is 5.14. The van der Waals surface area contributed by atoms with Crippen LogP contribution in [0.2, 0.25) is 0 Å². The number of hydrogen-bond donors (Lipinski definition) is 0. The number of aliphatic imine (C=N–C) groups is 1. The minimum Gasteiger partial charge on any atom is -0.366 e. The van der Waals surface area contributed by atoms with Crippen molar-refractivity contribution < 1.29 is 0 Å². The molecule has 1 atom stereocenters. The molecule has 0 aliphatic heterocycles. The van der Waals surface area contributed by atoms with E-state index in [4.69, 9.17) is 18.0 Å². The normalized spacial score (nSPS) is 21.4. The Hall–Kier alpha value is -0.940. The number of allylic oxidation sites excluding steroid dienone is 2. The van der Waals surface area contributed by atoms with Crippen LogP contribution in [0, 0.1) is 23.7 Å². The standard InChI is InChI=1S/C14H21ClN2/c1-7-14(4,12-8-9-12)13(15)10(2)16-11(3)17(5)6/h1,12H,8-9H2,2-6H3/b13-10+,16-11?. The van der Waals surface area contributed by atoms with Gasteiger partial charge >= 0.3 is 0 Å². The van der Waals surface area contributed by atoms with Gasteiger partial charge in [-0.25, -0.2) is 4.99 Å². The van der Waals surface area contributed by atoms with Crippen molar-refractivity contribution in [1.82, 2.24) is 4.90 Å². The van der Waals surface area contributed by atoms with E-state index in [2.05, 4.69) is 10.9 Å². The van der Waals surface area contributed by atoms with Gasteiger partial charge in [0.2, 0.25) is 0 Å². The second-order valence-corrected chi connectivity index (χ2v) is 5.45. The summed E-state index contributed by atoms with van der Waals surface area (Å²) in [6, 6.07) is 0. The fraction of sp³-hybridized carbons (Fsp3) is 0.643. The summed E-state index contributed by atoms with van der Waals surface area (Å²) in [4.78, 5) is 6.45. The van der Waals surface area contributed by atoms with Crippen molar-refractivity contribution in [3.8, 4) is 12.3 Å². The van der Waals surface area contributed by atoms with Gasteiger partial charge in [-0.1, -0.05) is 17.5 Å². The number of nitrogens with zero attached hydrogens (tertiary/aromatic N) is 2. The summed E-state index contributed by atoms with van der Waals surface area (Å²) in [5.41, 5.74) is 0.479. The number of rotatable bonds is 3. The van der Waals surface area contributed by atoms with Crippen LogP contribution in [0.4, 0.5) is 0 Å². The predicted molar refractivity (Wildman–Crippen MR) is 75.0 cm³/mol. The van der Waals surface area contributed by atoms with E-state index in [9.17, 15) is 0 Å². The maximum atomic E-state index is 6.43. The molecule has 94 valence electrons. The molecule has 0 aromatic heterocycles. The lowest BCUT2D eigenvalue weighted by molar-refractivity contribution is 0.479. The fourth-order valence-electron chi connectivity index (χ4n) is 1.79. The number of amidine groups is 1. The summed E-state index contributed by atoms with van der Waals surface area (Å²) >= 11 is 6.43. The van der Waals surface area contributed by atoms with Gasteiger partial charge in [0.15, 0.2) is 0 Å². The lowest BCUT2D eigenvalue weighted by Gasteiger charge is -2.24. The molecule has 2 nitrogen and oxygen atoms in total. The highest BCUT2D eigenvalue weighted by molar-refractivity contribution is 6.31. The minimum atomic E-state index is -0.346. The van der Waals surface area contributed by atoms with E-state index in [-0.39, 0.29) is 5.41 Å². The zero-order valence-electron chi connectivity index (χ0n) is 11.3. The van der Waals surface area contributed by atoms with Crippen LogP contribution in [-0.2, 0) is 0 Å². The lowest BCUT2D eigenvalue weighted by atomic mass is 9.84. The molecule has 0 radical (unpaired) electrons. The Morgan fingerprint density at radius 2 is 1.94 bits per heavy atom. The van der Waals surface area contributed by atoms with Crippen molar-refractivity contribution in [1.29, 1.82) is 0 Å². The average Bonchev–Trinajstić information content (AvgIpc) is 3.10. The van der Waals surface area contributed by atoms with Gasteiger partial charge in [0.25, 0.3) is 0 Å². The number of halogens is 1. The maximum Gasteiger partial charge on any atom is 0.101 e. The SMILES string of the molecule is C#CC(C)(/C(Cl)=C(/C)N=C(C)N(C)C)C1CC1. The molecule has 1 rings (SSSR count). The molecule has 0 spiro atoms. The molecule has 1 aliphatic rings. The van der Waals surface area contributed by atoms with E-state index in [0.717, 1.165) is 11.5 Å². The summed E-state index contributed by atoms with van der Waals surface area (Å²) in [6.45, 7) is 5.92. The van der Waals surface area contributed by atoms with Gasteiger partial charge in [-0.2, -0.15) is 0 Å². The molecule has 17 heavy (non-hydrogen) atoms. The molecule has 1 unspecified atom stereocenters. The summed E-state index contributed by atoms with van der Waals surface area (Å²) in [7, 11) is 3.92. The molecule has 0 aromatic carbocycles. The largest absolute Gasteiger partial charge is 0.366 e. The topological polar surface area (TPSA) is 15.6 Å². The smallest absolute Gasteiger partial charge is 0.101 e. The second-order valence-electron chi connectivity index (χ2n) is 5.07. The van der Waals surface area contributed by atoms with Crippen molar-refractivity contribution in [2.75, 3.05) is 14.1 Å². The van der Waals surface area contributed by atoms with Crippen LogP contribution in [0.15, 0.2) is 15.7 Å². The Labute approximate surface area is 110 Å². The molecule has 0 heterocycles. The molecule has 1 aliphatic carbocycles. The van der Waals surface area contributed by atoms with Crippen molar-refractivity contribution >= 4 is 17.4 Å². The Kier molecular flexibility index (Phi) is 4.27. The summed E-state index contributed by atoms with van der Waals surface area (Å²) < 4.78 is 0. The third kappa shape index (κ3) is 3.04. The zero-order valence-corrected chi connectivity index (χ0v) is 12.1. The predicted octanol–water partition coefficient (Wildman–Crippen LogP) is 3.49. The molecule has 0 aromatic rings. The highest BCUT2D eigenvalue weighted by Gasteiger charge is 2.43. The van der Waals surface area contributed by atoms with Gasteiger partial charge in [0, 0.05) is 14.1 Å². The number of hydrogen-bond acceptors (Lipinski definition) is 1. The van der Waals surface area contributed by atoms with E-state index >= 15 is 0 Å². The van der Waals surface area contributed by atoms with Crippen LogP contribution in [0.5, 0.6) is 0 Å². The molecule has 1 saturated carbocycles. The van der Waals surface area contributed by atoms with E-state index in [1.54, 1.807) is 0 Å². The molecule has 0 amide bonds. The first-order chi connectivity index (χ1) is 7.82. The van der Waals surface area contributed by atoms with Gasteiger partial charge in [0.1, 0.15) is 5.84 Å². The Balaban J connectivity index is 3.04. The Morgan fingerprint density at radius 3 is 2.29 bits per heavy atom. The van der Waals surface area contributed by atoms with Gasteiger partial charge in [0.05, 0.1) is 16.1 Å². The van der Waals surface area contributed by atoms with Crippen molar-refractivity contribution in [2.45, 2.75) is 33.6 Å². The molecule has 3 heteroatoms. The average molecular weight is 253 g/mol. The first-order valence-electron chi connectivity index (χ1n) is 5.90. The summed E-state index contributed by atoms with van der Waals surface area (Å²) in [6.07, 6.45) is 7.98. The first-order valence-corrected chi connectivity index (χ1v) is 6.28. The summed E-state index contributed by atoms with van der Waals surface area (Å²) in [5.74, 6) is 4.30. The van der Waals surface area contributed by atoms with Gasteiger partial charge < -0.3 is 4.90 Å². The van der Waals surface area contributed by atoms with Crippen LogP contribution in [0.3, 0.4) is 0 Å². The van der Waals surface area contributed by atoms with Crippen LogP contribution in [0.25, 0.3) is 0 Å². The van der Waals surface area contributed by atoms with Crippen molar-refractivity contribution in [2.24, 2.45) is 16.3 Å². The van der Waals surface area contributed by atoms with E-state index in [1.807, 2.05) is 39.8 Å². The van der Waals surface area contributed by atoms with Crippen LogP contribution in [0.1, 0.15) is 33.6 Å². The maximum absolute atomic E-state index is 6.43. The van der Waals surface area contributed by atoms with Crippen LogP contribution < -0.4 is 0 Å². The van der Waals surface area contributed by atoms with E-state index in [1.165, 1.54) is 12.8 Å². The molecular weight excluding hydrogens is 232 g/mol. The van der Waals surface area contributed by atoms with Crippen LogP contribution in [-0.4, -0.2) is 24.8 Å². The molecule has 0 saturated heterocycles. The molecular formula is C14H21ClN2. The van der Waals surface area contributed by atoms with Gasteiger partial charge in [-0.3, -0.25) is 0 Å². The summed E-state index contributed by atoms with van der Waals surface area (Å²) in [5, 5.41) is 0.712. The lowest BCUT2D eigenvalue weighted by Crippen LogP contribution is -2.20. The quantitative estimate of drug-likeness (QED) is 0.427. The minimum absolute atomic E-state index is 0.346. The molecule has 0 bridgehead atoms. The Morgan fingerprint density at radius 1 is 1.41 bits per heavy atom. The number of terminal acetylenes is 1. The van der Waals surface area contributed by atoms with Gasteiger partial charge in [-0.15, -0.1) is 6.42 Å². The molecule has 1 fully saturated rings. The van der Waals surface area contributed by atoms with E-state index in [0.29, 0.717) is 11.0 Å². The van der Waals surface area contributed by atoms with Crippen molar-refractivity contribution in [3.63, 3.8) is 0 Å². The van der Waals surface area contributed by atoms with Gasteiger partial charge in [-0.05, 0) is 39.5 Å². The monoisotopic (exact) mass is 252 g/mol. The molecule has 0 N–H and O–H groups in total.